The van der Waals surface area contributed by atoms with E-state index in [1.807, 2.05) is 6.20 Å². The molecule has 0 aliphatic carbocycles. The van der Waals surface area contributed by atoms with Gasteiger partial charge in [-0.3, -0.25) is 4.98 Å². The molecule has 1 heterocycles. The summed E-state index contributed by atoms with van der Waals surface area (Å²) in [5, 5.41) is 7.00. The van der Waals surface area contributed by atoms with E-state index in [4.69, 9.17) is 5.11 Å². The molecule has 0 aliphatic heterocycles. The normalized spacial score (nSPS) is 8.36. The molecule has 0 radical (unpaired) electrons. The second-order valence-electron chi connectivity index (χ2n) is 1.86. The van der Waals surface area contributed by atoms with Crippen LogP contribution in [0.3, 0.4) is 0 Å². The van der Waals surface area contributed by atoms with Gasteiger partial charge in [0, 0.05) is 24.0 Å². The van der Waals surface area contributed by atoms with E-state index in [2.05, 4.69) is 33.9 Å². The summed E-state index contributed by atoms with van der Waals surface area (Å²) < 4.78 is 1.06. The van der Waals surface area contributed by atoms with Crippen molar-refractivity contribution in [2.45, 2.75) is 13.3 Å². The molecule has 0 amide bonds. The van der Waals surface area contributed by atoms with Gasteiger partial charge in [0.05, 0.1) is 0 Å². The Morgan fingerprint density at radius 1 is 1.45 bits per heavy atom. The highest BCUT2D eigenvalue weighted by Crippen LogP contribution is 2.09. The van der Waals surface area contributed by atoms with Gasteiger partial charge in [-0.1, -0.05) is 6.92 Å². The third-order valence-electron chi connectivity index (χ3n) is 1.17. The Morgan fingerprint density at radius 3 is 2.45 bits per heavy atom. The first-order valence-electron chi connectivity index (χ1n) is 3.37. The molecule has 1 N–H and O–H groups in total. The predicted molar refractivity (Wildman–Crippen MR) is 49.5 cm³/mol. The Bertz CT molecular complexity index is 203. The molecule has 1 rings (SSSR count). The van der Waals surface area contributed by atoms with Gasteiger partial charge in [-0.25, -0.2) is 0 Å². The van der Waals surface area contributed by atoms with Gasteiger partial charge in [0.2, 0.25) is 0 Å². The lowest BCUT2D eigenvalue weighted by Gasteiger charge is -1.93. The average molecular weight is 218 g/mol. The summed E-state index contributed by atoms with van der Waals surface area (Å²) in [6.07, 6.45) is 4.72. The largest absolute Gasteiger partial charge is 0.400 e. The Balaban J connectivity index is 0.000000461. The molecular formula is C8H12BrNO. The number of hydrogen-bond acceptors (Lipinski definition) is 2. The average Bonchev–Trinajstić information content (AvgIpc) is 2.08. The first-order chi connectivity index (χ1) is 5.33. The van der Waals surface area contributed by atoms with Gasteiger partial charge in [0.15, 0.2) is 0 Å². The predicted octanol–water partition coefficient (Wildman–Crippen LogP) is 2.02. The summed E-state index contributed by atoms with van der Waals surface area (Å²) in [6.45, 7) is 2.11. The van der Waals surface area contributed by atoms with Gasteiger partial charge < -0.3 is 5.11 Å². The zero-order valence-electron chi connectivity index (χ0n) is 6.71. The third kappa shape index (κ3) is 4.11. The Hall–Kier alpha value is -0.410. The number of rotatable bonds is 1. The molecule has 62 valence electrons. The van der Waals surface area contributed by atoms with Crippen LogP contribution in [-0.2, 0) is 6.42 Å². The highest BCUT2D eigenvalue weighted by molar-refractivity contribution is 9.10. The van der Waals surface area contributed by atoms with Crippen LogP contribution in [0.15, 0.2) is 22.9 Å². The first kappa shape index (κ1) is 10.6. The quantitative estimate of drug-likeness (QED) is 0.782. The van der Waals surface area contributed by atoms with Crippen LogP contribution in [0.4, 0.5) is 0 Å². The zero-order valence-corrected chi connectivity index (χ0v) is 8.30. The summed E-state index contributed by atoms with van der Waals surface area (Å²) in [4.78, 5) is 4.01. The second kappa shape index (κ2) is 6.31. The lowest BCUT2D eigenvalue weighted by molar-refractivity contribution is 0.399. The Labute approximate surface area is 75.4 Å². The summed E-state index contributed by atoms with van der Waals surface area (Å²) in [5.74, 6) is 0. The van der Waals surface area contributed by atoms with Gasteiger partial charge in [-0.2, -0.15) is 0 Å². The van der Waals surface area contributed by atoms with Crippen molar-refractivity contribution in [3.63, 3.8) is 0 Å². The van der Waals surface area contributed by atoms with E-state index in [0.29, 0.717) is 0 Å². The van der Waals surface area contributed by atoms with E-state index in [-0.39, 0.29) is 0 Å². The Kier molecular flexibility index (Phi) is 6.07. The van der Waals surface area contributed by atoms with Gasteiger partial charge in [-0.05, 0) is 34.0 Å². The summed E-state index contributed by atoms with van der Waals surface area (Å²) in [7, 11) is 1.00. The molecule has 0 fully saturated rings. The Morgan fingerprint density at radius 2 is 2.09 bits per heavy atom. The first-order valence-corrected chi connectivity index (χ1v) is 4.16. The molecule has 0 bridgehead atoms. The minimum Gasteiger partial charge on any atom is -0.400 e. The fourth-order valence-electron chi connectivity index (χ4n) is 0.649. The monoisotopic (exact) mass is 217 g/mol. The molecular weight excluding hydrogens is 206 g/mol. The summed E-state index contributed by atoms with van der Waals surface area (Å²) in [5.41, 5.74) is 1.27. The smallest absolute Gasteiger partial charge is 0.0410 e. The van der Waals surface area contributed by atoms with Crippen molar-refractivity contribution in [1.29, 1.82) is 0 Å². The van der Waals surface area contributed by atoms with E-state index in [9.17, 15) is 0 Å². The molecule has 0 aromatic carbocycles. The third-order valence-corrected chi connectivity index (χ3v) is 1.60. The number of aliphatic hydroxyl groups excluding tert-OH is 1. The minimum atomic E-state index is 1.00. The van der Waals surface area contributed by atoms with Crippen molar-refractivity contribution >= 4 is 15.9 Å². The molecule has 3 heteroatoms. The maximum Gasteiger partial charge on any atom is 0.0410 e. The van der Waals surface area contributed by atoms with Crippen LogP contribution < -0.4 is 0 Å². The van der Waals surface area contributed by atoms with Crippen LogP contribution >= 0.6 is 15.9 Å². The van der Waals surface area contributed by atoms with Gasteiger partial charge in [0.1, 0.15) is 0 Å². The van der Waals surface area contributed by atoms with Crippen molar-refractivity contribution in [1.82, 2.24) is 4.98 Å². The molecule has 0 saturated heterocycles. The summed E-state index contributed by atoms with van der Waals surface area (Å²) in [6, 6.07) is 2.08. The van der Waals surface area contributed by atoms with E-state index in [1.54, 1.807) is 6.20 Å². The molecule has 1 aromatic heterocycles. The topological polar surface area (TPSA) is 33.1 Å². The lowest BCUT2D eigenvalue weighted by Crippen LogP contribution is -1.80. The molecule has 0 unspecified atom stereocenters. The SMILES string of the molecule is CCc1cncc(Br)c1.CO. The molecule has 2 nitrogen and oxygen atoms in total. The zero-order chi connectivity index (χ0) is 8.69. The van der Waals surface area contributed by atoms with Crippen molar-refractivity contribution in [2.24, 2.45) is 0 Å². The van der Waals surface area contributed by atoms with Crippen molar-refractivity contribution in [3.8, 4) is 0 Å². The maximum atomic E-state index is 7.00. The highest BCUT2D eigenvalue weighted by Gasteiger charge is 1.88. The standard InChI is InChI=1S/C7H8BrN.CH4O/c1-2-6-3-7(8)5-9-4-6;1-2/h3-5H,2H2,1H3;2H,1H3. The van der Waals surface area contributed by atoms with E-state index < -0.39 is 0 Å². The van der Waals surface area contributed by atoms with Gasteiger partial charge >= 0.3 is 0 Å². The van der Waals surface area contributed by atoms with Crippen LogP contribution in [0.1, 0.15) is 12.5 Å². The van der Waals surface area contributed by atoms with Crippen molar-refractivity contribution in [2.75, 3.05) is 7.11 Å². The molecule has 0 spiro atoms. The van der Waals surface area contributed by atoms with Crippen LogP contribution in [0.5, 0.6) is 0 Å². The lowest BCUT2D eigenvalue weighted by atomic mass is 10.2. The fourth-order valence-corrected chi connectivity index (χ4v) is 1.06. The van der Waals surface area contributed by atoms with Crippen LogP contribution in [0.25, 0.3) is 0 Å². The van der Waals surface area contributed by atoms with Gasteiger partial charge in [0.25, 0.3) is 0 Å². The number of halogens is 1. The summed E-state index contributed by atoms with van der Waals surface area (Å²) >= 11 is 3.34. The number of nitrogens with zero attached hydrogens (tertiary/aromatic N) is 1. The minimum absolute atomic E-state index is 1.00. The number of aromatic nitrogens is 1. The molecule has 0 aliphatic rings. The van der Waals surface area contributed by atoms with Crippen LogP contribution in [0.2, 0.25) is 0 Å². The van der Waals surface area contributed by atoms with Crippen LogP contribution in [0, 0.1) is 0 Å². The van der Waals surface area contributed by atoms with Gasteiger partial charge in [-0.15, -0.1) is 0 Å². The van der Waals surface area contributed by atoms with Crippen molar-refractivity contribution < 1.29 is 5.11 Å². The van der Waals surface area contributed by atoms with Crippen molar-refractivity contribution in [3.05, 3.63) is 28.5 Å². The van der Waals surface area contributed by atoms with E-state index >= 15 is 0 Å². The van der Waals surface area contributed by atoms with E-state index in [1.165, 1.54) is 5.56 Å². The number of aryl methyl sites for hydroxylation is 1. The number of aliphatic hydroxyl groups is 1. The van der Waals surface area contributed by atoms with E-state index in [0.717, 1.165) is 18.0 Å². The molecule has 0 saturated carbocycles. The molecule has 11 heavy (non-hydrogen) atoms. The fraction of sp³-hybridized carbons (Fsp3) is 0.375. The second-order valence-corrected chi connectivity index (χ2v) is 2.78. The maximum absolute atomic E-state index is 7.00. The number of pyridine rings is 1. The molecule has 1 aromatic rings. The number of hydrogen-bond donors (Lipinski definition) is 1. The van der Waals surface area contributed by atoms with Crippen LogP contribution in [-0.4, -0.2) is 17.2 Å². The molecule has 0 atom stereocenters. The highest BCUT2D eigenvalue weighted by atomic mass is 79.9.